The number of carboxylic acid groups (broad SMARTS) is 1. The molecule has 1 fully saturated rings. The highest BCUT2D eigenvalue weighted by Crippen LogP contribution is 2.32. The van der Waals surface area contributed by atoms with E-state index in [1.807, 2.05) is 50.2 Å². The van der Waals surface area contributed by atoms with E-state index < -0.39 is 11.4 Å². The van der Waals surface area contributed by atoms with Crippen molar-refractivity contribution in [2.24, 2.45) is 12.5 Å². The summed E-state index contributed by atoms with van der Waals surface area (Å²) < 4.78 is 7.33. The third-order valence-electron chi connectivity index (χ3n) is 5.98. The maximum Gasteiger partial charge on any atom is 0.311 e. The number of hydrogen-bond acceptors (Lipinski definition) is 5. The van der Waals surface area contributed by atoms with Gasteiger partial charge in [-0.2, -0.15) is 5.10 Å². The van der Waals surface area contributed by atoms with Gasteiger partial charge in [0.25, 0.3) is 5.91 Å². The highest BCUT2D eigenvalue weighted by molar-refractivity contribution is 6.32. The molecule has 0 aliphatic carbocycles. The number of anilines is 1. The van der Waals surface area contributed by atoms with Crippen molar-refractivity contribution in [3.8, 4) is 17.0 Å². The van der Waals surface area contributed by atoms with Gasteiger partial charge in [-0.25, -0.2) is 0 Å². The zero-order valence-electron chi connectivity index (χ0n) is 20.2. The van der Waals surface area contributed by atoms with Gasteiger partial charge in [-0.3, -0.25) is 19.2 Å². The number of carbonyl (C=O) groups is 2. The molecule has 8 nitrogen and oxygen atoms in total. The van der Waals surface area contributed by atoms with Crippen LogP contribution < -0.4 is 10.1 Å². The Morgan fingerprint density at radius 3 is 2.46 bits per heavy atom. The van der Waals surface area contributed by atoms with Crippen molar-refractivity contribution in [1.82, 2.24) is 14.7 Å². The molecule has 9 heteroatoms. The fourth-order valence-electron chi connectivity index (χ4n) is 4.19. The number of aromatic nitrogens is 2. The van der Waals surface area contributed by atoms with E-state index in [4.69, 9.17) is 16.3 Å². The topological polar surface area (TPSA) is 96.7 Å². The van der Waals surface area contributed by atoms with E-state index >= 15 is 0 Å². The molecular weight excluding hydrogens is 468 g/mol. The van der Waals surface area contributed by atoms with Gasteiger partial charge in [-0.05, 0) is 62.7 Å². The number of nitrogens with zero attached hydrogens (tertiary/aromatic N) is 3. The second kappa shape index (κ2) is 9.71. The number of carboxylic acids is 1. The first-order valence-electron chi connectivity index (χ1n) is 11.4. The second-order valence-electron chi connectivity index (χ2n) is 9.51. The van der Waals surface area contributed by atoms with Crippen LogP contribution in [0.1, 0.15) is 36.8 Å². The zero-order chi connectivity index (χ0) is 25.3. The zero-order valence-corrected chi connectivity index (χ0v) is 21.0. The van der Waals surface area contributed by atoms with Crippen LogP contribution in [0.3, 0.4) is 0 Å². The number of carbonyl (C=O) groups excluding carboxylic acids is 1. The van der Waals surface area contributed by atoms with Gasteiger partial charge >= 0.3 is 5.97 Å². The number of amides is 1. The molecule has 1 aliphatic rings. The SMILES string of the molecule is CC(C)Oc1ccc(-c2cc(C(=O)Nc3ccc(CN4CC(C)(C(=O)O)C4)cc3)nn2C)cc1Cl. The lowest BCUT2D eigenvalue weighted by Crippen LogP contribution is -2.58. The fraction of sp³-hybridized carbons (Fsp3) is 0.346. The fourth-order valence-corrected chi connectivity index (χ4v) is 4.42. The van der Waals surface area contributed by atoms with Gasteiger partial charge < -0.3 is 15.2 Å². The summed E-state index contributed by atoms with van der Waals surface area (Å²) in [6, 6.07) is 14.8. The maximum atomic E-state index is 12.8. The number of hydrogen-bond donors (Lipinski definition) is 2. The van der Waals surface area contributed by atoms with Gasteiger partial charge in [0.2, 0.25) is 0 Å². The van der Waals surface area contributed by atoms with Crippen LogP contribution in [-0.2, 0) is 18.4 Å². The van der Waals surface area contributed by atoms with Crippen molar-refractivity contribution in [3.05, 3.63) is 64.8 Å². The predicted octanol–water partition coefficient (Wildman–Crippen LogP) is 4.69. The number of likely N-dealkylation sites (tertiary alicyclic amines) is 1. The standard InChI is InChI=1S/C26H29ClN4O4/c1-16(2)35-23-10-7-18(11-20(23)27)22-12-21(29-30(22)4)24(32)28-19-8-5-17(6-9-19)13-31-14-26(3,15-31)25(33)34/h5-12,16H,13-15H2,1-4H3,(H,28,32)(H,33,34). The number of aryl methyl sites for hydroxylation is 1. The van der Waals surface area contributed by atoms with Gasteiger partial charge in [0.15, 0.2) is 5.69 Å². The molecule has 0 unspecified atom stereocenters. The monoisotopic (exact) mass is 496 g/mol. The van der Waals surface area contributed by atoms with Crippen molar-refractivity contribution < 1.29 is 19.4 Å². The molecule has 3 aromatic rings. The van der Waals surface area contributed by atoms with Gasteiger partial charge in [0, 0.05) is 37.9 Å². The van der Waals surface area contributed by atoms with Crippen molar-refractivity contribution >= 4 is 29.2 Å². The maximum absolute atomic E-state index is 12.8. The first-order chi connectivity index (χ1) is 16.5. The van der Waals surface area contributed by atoms with Crippen LogP contribution in [0.4, 0.5) is 5.69 Å². The van der Waals surface area contributed by atoms with E-state index in [2.05, 4.69) is 15.3 Å². The van der Waals surface area contributed by atoms with E-state index in [-0.39, 0.29) is 12.0 Å². The molecule has 0 bridgehead atoms. The summed E-state index contributed by atoms with van der Waals surface area (Å²) in [7, 11) is 1.78. The smallest absolute Gasteiger partial charge is 0.311 e. The minimum atomic E-state index is -0.759. The van der Waals surface area contributed by atoms with Crippen LogP contribution in [-0.4, -0.2) is 50.9 Å². The minimum absolute atomic E-state index is 0.0166. The lowest BCUT2D eigenvalue weighted by molar-refractivity contribution is -0.158. The molecular formula is C26H29ClN4O4. The number of rotatable bonds is 8. The molecule has 1 aromatic heterocycles. The molecule has 184 valence electrons. The quantitative estimate of drug-likeness (QED) is 0.469. The van der Waals surface area contributed by atoms with Crippen LogP contribution in [0.15, 0.2) is 48.5 Å². The highest BCUT2D eigenvalue weighted by atomic mass is 35.5. The molecule has 2 heterocycles. The number of benzene rings is 2. The summed E-state index contributed by atoms with van der Waals surface area (Å²) in [6.45, 7) is 7.37. The molecule has 2 N–H and O–H groups in total. The molecule has 1 aliphatic heterocycles. The van der Waals surface area contributed by atoms with Gasteiger partial charge in [0.1, 0.15) is 5.75 Å². The molecule has 4 rings (SSSR count). The largest absolute Gasteiger partial charge is 0.489 e. The van der Waals surface area contributed by atoms with Crippen molar-refractivity contribution in [2.45, 2.75) is 33.4 Å². The Labute approximate surface area is 209 Å². The number of aliphatic carboxylic acids is 1. The summed E-state index contributed by atoms with van der Waals surface area (Å²) in [5.74, 6) is -0.464. The van der Waals surface area contributed by atoms with Crippen molar-refractivity contribution in [1.29, 1.82) is 0 Å². The molecule has 0 spiro atoms. The molecule has 0 radical (unpaired) electrons. The van der Waals surface area contributed by atoms with Gasteiger partial charge in [-0.1, -0.05) is 23.7 Å². The number of halogens is 1. The molecule has 1 saturated heterocycles. The van der Waals surface area contributed by atoms with Crippen LogP contribution in [0.5, 0.6) is 5.75 Å². The van der Waals surface area contributed by atoms with Crippen molar-refractivity contribution in [3.63, 3.8) is 0 Å². The Hall–Kier alpha value is -3.36. The number of nitrogens with one attached hydrogen (secondary N) is 1. The van der Waals surface area contributed by atoms with Gasteiger partial charge in [-0.15, -0.1) is 0 Å². The van der Waals surface area contributed by atoms with Crippen LogP contribution in [0, 0.1) is 5.41 Å². The Bertz CT molecular complexity index is 1250. The van der Waals surface area contributed by atoms with E-state index in [0.717, 1.165) is 16.8 Å². The Morgan fingerprint density at radius 1 is 1.17 bits per heavy atom. The first kappa shape index (κ1) is 24.8. The summed E-state index contributed by atoms with van der Waals surface area (Å²) in [5, 5.41) is 17.0. The van der Waals surface area contributed by atoms with E-state index in [1.54, 1.807) is 30.8 Å². The Morgan fingerprint density at radius 2 is 1.86 bits per heavy atom. The Balaban J connectivity index is 1.39. The lowest BCUT2D eigenvalue weighted by Gasteiger charge is -2.45. The normalized spacial score (nSPS) is 15.0. The average Bonchev–Trinajstić information content (AvgIpc) is 3.16. The molecule has 2 aromatic carbocycles. The Kier molecular flexibility index (Phi) is 6.87. The highest BCUT2D eigenvalue weighted by Gasteiger charge is 2.44. The number of ether oxygens (including phenoxy) is 1. The lowest BCUT2D eigenvalue weighted by atomic mass is 9.82. The predicted molar refractivity (Wildman–Crippen MR) is 135 cm³/mol. The molecule has 35 heavy (non-hydrogen) atoms. The molecule has 1 amide bonds. The van der Waals surface area contributed by atoms with E-state index in [0.29, 0.717) is 41.8 Å². The summed E-state index contributed by atoms with van der Waals surface area (Å²) in [6.07, 6.45) is 0.0166. The van der Waals surface area contributed by atoms with Crippen LogP contribution in [0.25, 0.3) is 11.3 Å². The van der Waals surface area contributed by atoms with E-state index in [1.165, 1.54) is 0 Å². The second-order valence-corrected chi connectivity index (χ2v) is 9.92. The van der Waals surface area contributed by atoms with Crippen molar-refractivity contribution in [2.75, 3.05) is 18.4 Å². The third kappa shape index (κ3) is 5.49. The summed E-state index contributed by atoms with van der Waals surface area (Å²) in [4.78, 5) is 26.1. The van der Waals surface area contributed by atoms with E-state index in [9.17, 15) is 14.7 Å². The molecule has 0 atom stereocenters. The van der Waals surface area contributed by atoms with Crippen LogP contribution in [0.2, 0.25) is 5.02 Å². The van der Waals surface area contributed by atoms with Gasteiger partial charge in [0.05, 0.1) is 22.2 Å². The van der Waals surface area contributed by atoms with Crippen LogP contribution >= 0.6 is 11.6 Å². The average molecular weight is 497 g/mol. The third-order valence-corrected chi connectivity index (χ3v) is 6.28. The summed E-state index contributed by atoms with van der Waals surface area (Å²) in [5.41, 5.74) is 2.92. The molecule has 0 saturated carbocycles. The first-order valence-corrected chi connectivity index (χ1v) is 11.8. The summed E-state index contributed by atoms with van der Waals surface area (Å²) >= 11 is 6.37. The minimum Gasteiger partial charge on any atom is -0.489 e.